The van der Waals surface area contributed by atoms with Gasteiger partial charge in [0.25, 0.3) is 0 Å². The Morgan fingerprint density at radius 2 is 1.82 bits per heavy atom. The minimum atomic E-state index is 0.496. The van der Waals surface area contributed by atoms with Crippen LogP contribution in [0.15, 0.2) is 6.07 Å². The molecule has 0 atom stereocenters. The summed E-state index contributed by atoms with van der Waals surface area (Å²) in [6, 6.07) is 2.04. The van der Waals surface area contributed by atoms with Crippen LogP contribution in [0, 0.1) is 13.8 Å². The van der Waals surface area contributed by atoms with Crippen LogP contribution in [0.25, 0.3) is 0 Å². The molecule has 0 saturated heterocycles. The molecular weight excluding hydrogens is 136 g/mol. The summed E-state index contributed by atoms with van der Waals surface area (Å²) in [6.07, 6.45) is 0. The lowest BCUT2D eigenvalue weighted by atomic mass is 10.1. The van der Waals surface area contributed by atoms with Crippen molar-refractivity contribution in [3.63, 3.8) is 0 Å². The van der Waals surface area contributed by atoms with E-state index in [9.17, 15) is 0 Å². The molecule has 0 aromatic carbocycles. The molecule has 0 radical (unpaired) electrons. The maximum absolute atomic E-state index is 4.32. The number of aryl methyl sites for hydroxylation is 2. The first-order chi connectivity index (χ1) is 5.09. The third-order valence-electron chi connectivity index (χ3n) is 1.58. The van der Waals surface area contributed by atoms with E-state index in [-0.39, 0.29) is 0 Å². The van der Waals surface area contributed by atoms with Gasteiger partial charge in [-0.2, -0.15) is 0 Å². The van der Waals surface area contributed by atoms with Crippen LogP contribution in [0.4, 0.5) is 0 Å². The monoisotopic (exact) mass is 150 g/mol. The van der Waals surface area contributed by atoms with Crippen LogP contribution < -0.4 is 0 Å². The van der Waals surface area contributed by atoms with Gasteiger partial charge in [-0.1, -0.05) is 13.8 Å². The molecule has 0 amide bonds. The number of nitrogens with zero attached hydrogens (tertiary/aromatic N) is 2. The highest BCUT2D eigenvalue weighted by molar-refractivity contribution is 5.12. The summed E-state index contributed by atoms with van der Waals surface area (Å²) in [5, 5.41) is 0. The molecular formula is C9H14N2. The van der Waals surface area contributed by atoms with Crippen LogP contribution in [0.2, 0.25) is 0 Å². The first-order valence-electron chi connectivity index (χ1n) is 3.92. The first-order valence-corrected chi connectivity index (χ1v) is 3.92. The average Bonchev–Trinajstić information content (AvgIpc) is 1.85. The van der Waals surface area contributed by atoms with E-state index in [1.807, 2.05) is 19.9 Å². The molecule has 1 rings (SSSR count). The molecule has 2 heteroatoms. The van der Waals surface area contributed by atoms with E-state index in [0.29, 0.717) is 5.92 Å². The van der Waals surface area contributed by atoms with Crippen LogP contribution in [0.3, 0.4) is 0 Å². The van der Waals surface area contributed by atoms with Gasteiger partial charge in [-0.25, -0.2) is 9.97 Å². The number of aromatic nitrogens is 2. The second kappa shape index (κ2) is 2.99. The zero-order chi connectivity index (χ0) is 8.43. The van der Waals surface area contributed by atoms with Gasteiger partial charge in [-0.15, -0.1) is 0 Å². The van der Waals surface area contributed by atoms with E-state index in [1.165, 1.54) is 0 Å². The summed E-state index contributed by atoms with van der Waals surface area (Å²) in [6.45, 7) is 8.21. The van der Waals surface area contributed by atoms with E-state index in [4.69, 9.17) is 0 Å². The third kappa shape index (κ3) is 2.00. The smallest absolute Gasteiger partial charge is 0.125 e. The molecule has 1 heterocycles. The second-order valence-electron chi connectivity index (χ2n) is 3.14. The lowest BCUT2D eigenvalue weighted by molar-refractivity contribution is 0.795. The van der Waals surface area contributed by atoms with Gasteiger partial charge in [0.15, 0.2) is 0 Å². The van der Waals surface area contributed by atoms with Crippen molar-refractivity contribution in [2.24, 2.45) is 0 Å². The molecule has 0 spiro atoms. The first kappa shape index (κ1) is 8.18. The lowest BCUT2D eigenvalue weighted by Crippen LogP contribution is -1.98. The van der Waals surface area contributed by atoms with Crippen molar-refractivity contribution < 1.29 is 0 Å². The summed E-state index contributed by atoms with van der Waals surface area (Å²) in [7, 11) is 0. The molecule has 0 fully saturated rings. The topological polar surface area (TPSA) is 25.8 Å². The summed E-state index contributed by atoms with van der Waals surface area (Å²) in [4.78, 5) is 8.53. The fourth-order valence-corrected chi connectivity index (χ4v) is 1.04. The van der Waals surface area contributed by atoms with Crippen molar-refractivity contribution in [2.45, 2.75) is 33.6 Å². The van der Waals surface area contributed by atoms with Crippen molar-refractivity contribution in [3.8, 4) is 0 Å². The van der Waals surface area contributed by atoms with Crippen molar-refractivity contribution >= 4 is 0 Å². The average molecular weight is 150 g/mol. The fourth-order valence-electron chi connectivity index (χ4n) is 1.04. The Hall–Kier alpha value is -0.920. The maximum atomic E-state index is 4.32. The molecule has 2 nitrogen and oxygen atoms in total. The van der Waals surface area contributed by atoms with Gasteiger partial charge in [0, 0.05) is 11.4 Å². The summed E-state index contributed by atoms with van der Waals surface area (Å²) >= 11 is 0. The van der Waals surface area contributed by atoms with Gasteiger partial charge < -0.3 is 0 Å². The van der Waals surface area contributed by atoms with Crippen LogP contribution in [0.1, 0.15) is 37.0 Å². The van der Waals surface area contributed by atoms with Gasteiger partial charge in [-0.05, 0) is 25.8 Å². The Labute approximate surface area is 67.7 Å². The molecule has 0 aliphatic heterocycles. The van der Waals surface area contributed by atoms with Crippen LogP contribution in [0.5, 0.6) is 0 Å². The predicted octanol–water partition coefficient (Wildman–Crippen LogP) is 2.22. The molecule has 0 N–H and O–H groups in total. The summed E-state index contributed by atoms with van der Waals surface area (Å²) < 4.78 is 0. The number of rotatable bonds is 1. The SMILES string of the molecule is Cc1cc(C(C)C)nc(C)n1. The van der Waals surface area contributed by atoms with E-state index in [0.717, 1.165) is 17.2 Å². The van der Waals surface area contributed by atoms with E-state index < -0.39 is 0 Å². The minimum Gasteiger partial charge on any atom is -0.239 e. The predicted molar refractivity (Wildman–Crippen MR) is 45.6 cm³/mol. The maximum Gasteiger partial charge on any atom is 0.125 e. The Balaban J connectivity index is 3.08. The van der Waals surface area contributed by atoms with E-state index >= 15 is 0 Å². The van der Waals surface area contributed by atoms with Crippen LogP contribution in [-0.2, 0) is 0 Å². The highest BCUT2D eigenvalue weighted by Crippen LogP contribution is 2.11. The Morgan fingerprint density at radius 1 is 1.18 bits per heavy atom. The van der Waals surface area contributed by atoms with Crippen molar-refractivity contribution in [2.75, 3.05) is 0 Å². The summed E-state index contributed by atoms with van der Waals surface area (Å²) in [5.74, 6) is 1.36. The molecule has 0 unspecified atom stereocenters. The Kier molecular flexibility index (Phi) is 2.22. The number of hydrogen-bond acceptors (Lipinski definition) is 2. The van der Waals surface area contributed by atoms with Crippen LogP contribution in [-0.4, -0.2) is 9.97 Å². The quantitative estimate of drug-likeness (QED) is 0.613. The molecule has 1 aromatic heterocycles. The van der Waals surface area contributed by atoms with Crippen molar-refractivity contribution in [3.05, 3.63) is 23.3 Å². The molecule has 60 valence electrons. The largest absolute Gasteiger partial charge is 0.239 e. The Morgan fingerprint density at radius 3 is 2.27 bits per heavy atom. The van der Waals surface area contributed by atoms with Gasteiger partial charge in [0.1, 0.15) is 5.82 Å². The molecule has 0 aliphatic carbocycles. The molecule has 1 aromatic rings. The lowest BCUT2D eigenvalue weighted by Gasteiger charge is -2.05. The van der Waals surface area contributed by atoms with E-state index in [2.05, 4.69) is 23.8 Å². The van der Waals surface area contributed by atoms with E-state index in [1.54, 1.807) is 0 Å². The molecule has 11 heavy (non-hydrogen) atoms. The zero-order valence-electron chi connectivity index (χ0n) is 7.55. The second-order valence-corrected chi connectivity index (χ2v) is 3.14. The Bertz CT molecular complexity index is 233. The molecule has 0 bridgehead atoms. The zero-order valence-corrected chi connectivity index (χ0v) is 7.55. The summed E-state index contributed by atoms with van der Waals surface area (Å²) in [5.41, 5.74) is 2.19. The van der Waals surface area contributed by atoms with Gasteiger partial charge in [0.05, 0.1) is 0 Å². The highest BCUT2D eigenvalue weighted by Gasteiger charge is 2.01. The van der Waals surface area contributed by atoms with Crippen LogP contribution >= 0.6 is 0 Å². The van der Waals surface area contributed by atoms with Crippen molar-refractivity contribution in [1.82, 2.24) is 9.97 Å². The number of hydrogen-bond donors (Lipinski definition) is 0. The van der Waals surface area contributed by atoms with Crippen molar-refractivity contribution in [1.29, 1.82) is 0 Å². The standard InChI is InChI=1S/C9H14N2/c1-6(2)9-5-7(3)10-8(4)11-9/h5-6H,1-4H3. The van der Waals surface area contributed by atoms with Gasteiger partial charge in [-0.3, -0.25) is 0 Å². The van der Waals surface area contributed by atoms with Gasteiger partial charge in [0.2, 0.25) is 0 Å². The highest BCUT2D eigenvalue weighted by atomic mass is 14.9. The molecule has 0 aliphatic rings. The van der Waals surface area contributed by atoms with Gasteiger partial charge >= 0.3 is 0 Å². The normalized spacial score (nSPS) is 10.6. The minimum absolute atomic E-state index is 0.496. The third-order valence-corrected chi connectivity index (χ3v) is 1.58. The fraction of sp³-hybridized carbons (Fsp3) is 0.556. The molecule has 0 saturated carbocycles.